The van der Waals surface area contributed by atoms with Crippen molar-refractivity contribution in [2.45, 2.75) is 102 Å². The highest BCUT2D eigenvalue weighted by Gasteiger charge is 2.59. The van der Waals surface area contributed by atoms with Crippen molar-refractivity contribution < 1.29 is 19.1 Å². The minimum atomic E-state index is -0.217. The van der Waals surface area contributed by atoms with Gasteiger partial charge in [0.15, 0.2) is 5.78 Å². The molecule has 3 aliphatic heterocycles. The molecule has 2 saturated heterocycles. The highest BCUT2D eigenvalue weighted by atomic mass is 16.5. The Morgan fingerprint density at radius 1 is 1.08 bits per heavy atom. The predicted octanol–water partition coefficient (Wildman–Crippen LogP) is 3.68. The summed E-state index contributed by atoms with van der Waals surface area (Å²) in [7, 11) is 0. The van der Waals surface area contributed by atoms with E-state index in [1.807, 2.05) is 17.3 Å². The maximum Gasteiger partial charge on any atom is 0.259 e. The summed E-state index contributed by atoms with van der Waals surface area (Å²) in [5.74, 6) is 2.49. The number of fused-ring (bicyclic) bond motifs is 3. The maximum atomic E-state index is 14.1. The SMILES string of the molecule is CCc1ncc(C)n1C1C(C)CC2C(=O)C(C(=O)N3CCOCC3)=CN3C4CC5CCCCC5CC4OC1C23. The first-order valence-corrected chi connectivity index (χ1v) is 15.5. The monoisotopic (exact) mass is 536 g/mol. The van der Waals surface area contributed by atoms with Gasteiger partial charge in [-0.25, -0.2) is 4.98 Å². The molecule has 0 spiro atoms. The van der Waals surface area contributed by atoms with Crippen LogP contribution >= 0.6 is 0 Å². The molecular formula is C31H44N4O4. The Balaban J connectivity index is 1.31. The van der Waals surface area contributed by atoms with Crippen molar-refractivity contribution in [2.75, 3.05) is 26.3 Å². The van der Waals surface area contributed by atoms with Gasteiger partial charge >= 0.3 is 0 Å². The number of aryl methyl sites for hydroxylation is 2. The number of nitrogens with zero attached hydrogens (tertiary/aromatic N) is 4. The van der Waals surface area contributed by atoms with Gasteiger partial charge in [0, 0.05) is 43.5 Å². The van der Waals surface area contributed by atoms with Crippen LogP contribution in [0.2, 0.25) is 0 Å². The van der Waals surface area contributed by atoms with E-state index in [9.17, 15) is 9.59 Å². The third-order valence-corrected chi connectivity index (χ3v) is 11.0. The summed E-state index contributed by atoms with van der Waals surface area (Å²) in [6, 6.07) is 0.332. The van der Waals surface area contributed by atoms with Crippen LogP contribution in [0, 0.1) is 30.6 Å². The van der Waals surface area contributed by atoms with E-state index in [2.05, 4.69) is 30.2 Å². The molecule has 39 heavy (non-hydrogen) atoms. The van der Waals surface area contributed by atoms with E-state index < -0.39 is 0 Å². The number of aromatic nitrogens is 2. The molecule has 1 amide bonds. The molecule has 0 radical (unpaired) electrons. The fourth-order valence-corrected chi connectivity index (χ4v) is 9.20. The van der Waals surface area contributed by atoms with Gasteiger partial charge in [0.1, 0.15) is 5.82 Å². The number of rotatable bonds is 3. The molecule has 5 fully saturated rings. The number of amides is 1. The molecule has 1 aromatic heterocycles. The third kappa shape index (κ3) is 4.11. The summed E-state index contributed by atoms with van der Waals surface area (Å²) in [6.45, 7) is 8.76. The number of ketones is 1. The molecule has 4 heterocycles. The molecule has 9 unspecified atom stereocenters. The summed E-state index contributed by atoms with van der Waals surface area (Å²) in [5, 5.41) is 0. The number of hydrogen-bond acceptors (Lipinski definition) is 6. The van der Waals surface area contributed by atoms with Crippen LogP contribution < -0.4 is 0 Å². The van der Waals surface area contributed by atoms with Gasteiger partial charge in [0.05, 0.1) is 49.1 Å². The molecule has 8 heteroatoms. The second-order valence-corrected chi connectivity index (χ2v) is 13.1. The quantitative estimate of drug-likeness (QED) is 0.549. The van der Waals surface area contributed by atoms with E-state index in [0.717, 1.165) is 49.0 Å². The number of carbonyl (C=O) groups is 2. The lowest BCUT2D eigenvalue weighted by Gasteiger charge is -2.61. The van der Waals surface area contributed by atoms with E-state index in [4.69, 9.17) is 14.5 Å². The van der Waals surface area contributed by atoms with Crippen LogP contribution in [-0.2, 0) is 25.5 Å². The van der Waals surface area contributed by atoms with Crippen LogP contribution in [0.3, 0.4) is 0 Å². The summed E-state index contributed by atoms with van der Waals surface area (Å²) >= 11 is 0. The molecule has 3 aliphatic carbocycles. The van der Waals surface area contributed by atoms with Crippen molar-refractivity contribution >= 4 is 11.7 Å². The zero-order valence-corrected chi connectivity index (χ0v) is 23.8. The summed E-state index contributed by atoms with van der Waals surface area (Å²) in [5.41, 5.74) is 1.55. The minimum Gasteiger partial charge on any atom is -0.378 e. The van der Waals surface area contributed by atoms with Gasteiger partial charge in [-0.15, -0.1) is 0 Å². The van der Waals surface area contributed by atoms with Crippen LogP contribution in [0.25, 0.3) is 0 Å². The second-order valence-electron chi connectivity index (χ2n) is 13.1. The van der Waals surface area contributed by atoms with Crippen LogP contribution in [0.1, 0.15) is 76.4 Å². The highest BCUT2D eigenvalue weighted by molar-refractivity contribution is 6.20. The Kier molecular flexibility index (Phi) is 6.62. The van der Waals surface area contributed by atoms with Crippen molar-refractivity contribution in [1.82, 2.24) is 19.4 Å². The Morgan fingerprint density at radius 3 is 2.56 bits per heavy atom. The molecule has 0 N–H and O–H groups in total. The maximum absolute atomic E-state index is 14.1. The molecule has 3 saturated carbocycles. The average molecular weight is 537 g/mol. The van der Waals surface area contributed by atoms with Gasteiger partial charge in [0.25, 0.3) is 5.91 Å². The van der Waals surface area contributed by atoms with Crippen LogP contribution in [0.5, 0.6) is 0 Å². The molecule has 0 aromatic carbocycles. The largest absolute Gasteiger partial charge is 0.378 e. The summed E-state index contributed by atoms with van der Waals surface area (Å²) in [4.78, 5) is 37.0. The van der Waals surface area contributed by atoms with Crippen molar-refractivity contribution in [1.29, 1.82) is 0 Å². The standard InChI is InChI=1S/C31H44N4O4/c1-4-26-32-16-19(3)35(26)27-18(2)13-22-28-30(27)39-25-15-21-8-6-5-7-20(21)14-24(25)34(28)17-23(29(22)36)31(37)33-9-11-38-12-10-33/h16-18,20-22,24-25,27-28,30H,4-15H2,1-3H3. The Morgan fingerprint density at radius 2 is 1.82 bits per heavy atom. The first-order valence-electron chi connectivity index (χ1n) is 15.5. The van der Waals surface area contributed by atoms with Gasteiger partial charge in [-0.05, 0) is 43.9 Å². The van der Waals surface area contributed by atoms with Gasteiger partial charge in [-0.2, -0.15) is 0 Å². The lowest BCUT2D eigenvalue weighted by Crippen LogP contribution is -2.70. The Bertz CT molecular complexity index is 1160. The smallest absolute Gasteiger partial charge is 0.259 e. The zero-order valence-electron chi connectivity index (χ0n) is 23.8. The average Bonchev–Trinajstić information content (AvgIpc) is 3.33. The first kappa shape index (κ1) is 25.8. The molecule has 9 atom stereocenters. The third-order valence-electron chi connectivity index (χ3n) is 11.0. The summed E-state index contributed by atoms with van der Waals surface area (Å²) in [6.07, 6.45) is 13.1. The fourth-order valence-electron chi connectivity index (χ4n) is 9.20. The highest BCUT2D eigenvalue weighted by Crippen LogP contribution is 2.53. The van der Waals surface area contributed by atoms with Crippen molar-refractivity contribution in [3.8, 4) is 0 Å². The van der Waals surface area contributed by atoms with Gasteiger partial charge in [0.2, 0.25) is 0 Å². The Labute approximate surface area is 232 Å². The lowest BCUT2D eigenvalue weighted by atomic mass is 9.63. The molecule has 6 aliphatic rings. The van der Waals surface area contributed by atoms with Crippen molar-refractivity contribution in [3.05, 3.63) is 29.5 Å². The topological polar surface area (TPSA) is 76.9 Å². The molecule has 212 valence electrons. The molecule has 7 rings (SSSR count). The summed E-state index contributed by atoms with van der Waals surface area (Å²) < 4.78 is 15.1. The number of imidazole rings is 1. The number of Topliss-reactive ketones (excluding diaryl/α,β-unsaturated/α-hetero) is 1. The fraction of sp³-hybridized carbons (Fsp3) is 0.774. The van der Waals surface area contributed by atoms with E-state index in [-0.39, 0.29) is 53.9 Å². The molecule has 1 aromatic rings. The minimum absolute atomic E-state index is 0.0227. The van der Waals surface area contributed by atoms with Crippen LogP contribution in [0.15, 0.2) is 18.0 Å². The lowest BCUT2D eigenvalue weighted by molar-refractivity contribution is -0.212. The van der Waals surface area contributed by atoms with E-state index in [1.54, 1.807) is 0 Å². The van der Waals surface area contributed by atoms with E-state index in [0.29, 0.717) is 31.9 Å². The van der Waals surface area contributed by atoms with Crippen molar-refractivity contribution in [2.24, 2.45) is 23.7 Å². The first-order chi connectivity index (χ1) is 19.0. The zero-order chi connectivity index (χ0) is 26.8. The molecule has 8 nitrogen and oxygen atoms in total. The van der Waals surface area contributed by atoms with Gasteiger partial charge < -0.3 is 23.8 Å². The second kappa shape index (κ2) is 10.0. The van der Waals surface area contributed by atoms with Crippen LogP contribution in [-0.4, -0.2) is 81.6 Å². The molecule has 0 bridgehead atoms. The number of carbonyl (C=O) groups excluding carboxylic acids is 2. The van der Waals surface area contributed by atoms with Gasteiger partial charge in [-0.1, -0.05) is 39.5 Å². The molecular weight excluding hydrogens is 492 g/mol. The number of hydrogen-bond donors (Lipinski definition) is 0. The number of morpholine rings is 2. The number of ether oxygens (including phenoxy) is 2. The van der Waals surface area contributed by atoms with Gasteiger partial charge in [-0.3, -0.25) is 9.59 Å². The van der Waals surface area contributed by atoms with E-state index >= 15 is 0 Å². The van der Waals surface area contributed by atoms with Crippen LogP contribution in [0.4, 0.5) is 0 Å². The Hall–Kier alpha value is -2.19. The van der Waals surface area contributed by atoms with Crippen molar-refractivity contribution in [3.63, 3.8) is 0 Å². The predicted molar refractivity (Wildman–Crippen MR) is 146 cm³/mol. The normalized spacial score (nSPS) is 39.9. The van der Waals surface area contributed by atoms with E-state index in [1.165, 1.54) is 25.7 Å².